The molecule has 0 aliphatic carbocycles. The molecule has 0 amide bonds. The van der Waals surface area contributed by atoms with Gasteiger partial charge in [0, 0.05) is 0 Å². The van der Waals surface area contributed by atoms with E-state index in [2.05, 4.69) is 36.5 Å². The van der Waals surface area contributed by atoms with Crippen molar-refractivity contribution in [2.24, 2.45) is 0 Å². The van der Waals surface area contributed by atoms with E-state index in [4.69, 9.17) is 0 Å². The van der Waals surface area contributed by atoms with Crippen molar-refractivity contribution in [1.82, 2.24) is 5.32 Å². The van der Waals surface area contributed by atoms with Crippen LogP contribution in [0.25, 0.3) is 0 Å². The summed E-state index contributed by atoms with van der Waals surface area (Å²) in [6, 6.07) is 8.39. The third-order valence-electron chi connectivity index (χ3n) is 3.70. The Kier molecular flexibility index (Phi) is 3.10. The fourth-order valence-electron chi connectivity index (χ4n) is 2.64. The van der Waals surface area contributed by atoms with Gasteiger partial charge >= 0.3 is 0 Å². The third-order valence-corrected chi connectivity index (χ3v) is 3.70. The molecule has 0 spiro atoms. The van der Waals surface area contributed by atoms with Gasteiger partial charge in [0.15, 0.2) is 0 Å². The van der Waals surface area contributed by atoms with Crippen LogP contribution < -0.4 is 5.32 Å². The van der Waals surface area contributed by atoms with Crippen molar-refractivity contribution < 1.29 is 4.79 Å². The van der Waals surface area contributed by atoms with E-state index in [1.54, 1.807) is 6.92 Å². The van der Waals surface area contributed by atoms with Crippen molar-refractivity contribution in [2.45, 2.75) is 32.1 Å². The van der Waals surface area contributed by atoms with Gasteiger partial charge in [0.1, 0.15) is 5.78 Å². The van der Waals surface area contributed by atoms with Crippen LogP contribution in [0.5, 0.6) is 0 Å². The van der Waals surface area contributed by atoms with Gasteiger partial charge in [-0.3, -0.25) is 4.79 Å². The Bertz CT molecular complexity index is 391. The molecule has 0 aromatic heterocycles. The summed E-state index contributed by atoms with van der Waals surface area (Å²) in [5.74, 6) is 0.305. The largest absolute Gasteiger partial charge is 0.317 e. The number of carbonyl (C=O) groups is 1. The quantitative estimate of drug-likeness (QED) is 0.823. The smallest absolute Gasteiger partial charge is 0.140 e. The predicted octanol–water partition coefficient (Wildman–Crippen LogP) is 2.21. The molecule has 0 unspecified atom stereocenters. The molecule has 1 aromatic carbocycles. The molecule has 1 N–H and O–H groups in total. The van der Waals surface area contributed by atoms with Crippen LogP contribution in [0, 0.1) is 6.92 Å². The summed E-state index contributed by atoms with van der Waals surface area (Å²) in [7, 11) is 0. The fraction of sp³-hybridized carbons (Fsp3) is 0.500. The second-order valence-electron chi connectivity index (χ2n) is 4.76. The Morgan fingerprint density at radius 1 is 1.31 bits per heavy atom. The standard InChI is InChI=1S/C14H19NO/c1-11-4-3-5-13(10-11)14(12(2)16)6-8-15-9-7-14/h3-5,10,15H,6-9H2,1-2H3. The van der Waals surface area contributed by atoms with Crippen molar-refractivity contribution in [3.05, 3.63) is 35.4 Å². The number of hydrogen-bond acceptors (Lipinski definition) is 2. The summed E-state index contributed by atoms with van der Waals surface area (Å²) in [5.41, 5.74) is 2.19. The highest BCUT2D eigenvalue weighted by molar-refractivity contribution is 5.88. The fourth-order valence-corrected chi connectivity index (χ4v) is 2.64. The molecule has 1 fully saturated rings. The molecule has 1 aromatic rings. The maximum absolute atomic E-state index is 12.0. The summed E-state index contributed by atoms with van der Waals surface area (Å²) in [4.78, 5) is 12.0. The van der Waals surface area contributed by atoms with Crippen molar-refractivity contribution in [3.8, 4) is 0 Å². The van der Waals surface area contributed by atoms with Gasteiger partial charge < -0.3 is 5.32 Å². The van der Waals surface area contributed by atoms with Gasteiger partial charge in [-0.1, -0.05) is 29.8 Å². The van der Waals surface area contributed by atoms with Gasteiger partial charge in [-0.15, -0.1) is 0 Å². The average Bonchev–Trinajstić information content (AvgIpc) is 2.30. The zero-order valence-electron chi connectivity index (χ0n) is 10.0. The van der Waals surface area contributed by atoms with Gasteiger partial charge in [0.2, 0.25) is 0 Å². The summed E-state index contributed by atoms with van der Waals surface area (Å²) < 4.78 is 0. The van der Waals surface area contributed by atoms with Crippen LogP contribution in [0.1, 0.15) is 30.9 Å². The molecule has 86 valence electrons. The predicted molar refractivity (Wildman–Crippen MR) is 65.6 cm³/mol. The SMILES string of the molecule is CC(=O)C1(c2cccc(C)c2)CCNCC1. The van der Waals surface area contributed by atoms with Crippen LogP contribution in [0.15, 0.2) is 24.3 Å². The van der Waals surface area contributed by atoms with Crippen LogP contribution >= 0.6 is 0 Å². The van der Waals surface area contributed by atoms with Gasteiger partial charge in [-0.2, -0.15) is 0 Å². The number of ketones is 1. The molecule has 1 aliphatic heterocycles. The number of Topliss-reactive ketones (excluding diaryl/α,β-unsaturated/α-hetero) is 1. The number of piperidine rings is 1. The first kappa shape index (κ1) is 11.3. The summed E-state index contributed by atoms with van der Waals surface area (Å²) in [5, 5.41) is 3.33. The van der Waals surface area contributed by atoms with Crippen molar-refractivity contribution in [3.63, 3.8) is 0 Å². The molecule has 2 nitrogen and oxygen atoms in total. The molecule has 0 atom stereocenters. The molecule has 1 heterocycles. The molecule has 0 bridgehead atoms. The second kappa shape index (κ2) is 4.38. The number of carbonyl (C=O) groups excluding carboxylic acids is 1. The van der Waals surface area contributed by atoms with Crippen LogP contribution in [-0.2, 0) is 10.2 Å². The number of benzene rings is 1. The Balaban J connectivity index is 2.42. The highest BCUT2D eigenvalue weighted by Gasteiger charge is 2.38. The summed E-state index contributed by atoms with van der Waals surface area (Å²) in [6.45, 7) is 5.69. The number of rotatable bonds is 2. The van der Waals surface area contributed by atoms with Gasteiger partial charge in [-0.05, 0) is 45.3 Å². The zero-order chi connectivity index (χ0) is 11.6. The Morgan fingerprint density at radius 2 is 2.00 bits per heavy atom. The molecule has 2 rings (SSSR count). The molecule has 16 heavy (non-hydrogen) atoms. The lowest BCUT2D eigenvalue weighted by Gasteiger charge is -2.36. The lowest BCUT2D eigenvalue weighted by atomic mass is 9.70. The maximum Gasteiger partial charge on any atom is 0.140 e. The normalized spacial score (nSPS) is 19.4. The summed E-state index contributed by atoms with van der Waals surface area (Å²) in [6.07, 6.45) is 1.84. The molecular weight excluding hydrogens is 198 g/mol. The minimum Gasteiger partial charge on any atom is -0.317 e. The maximum atomic E-state index is 12.0. The first-order valence-electron chi connectivity index (χ1n) is 5.94. The highest BCUT2D eigenvalue weighted by Crippen LogP contribution is 2.34. The zero-order valence-corrected chi connectivity index (χ0v) is 10.0. The van der Waals surface area contributed by atoms with Crippen LogP contribution in [0.2, 0.25) is 0 Å². The van der Waals surface area contributed by atoms with Gasteiger partial charge in [-0.25, -0.2) is 0 Å². The molecular formula is C14H19NO. The number of aryl methyl sites for hydroxylation is 1. The van der Waals surface area contributed by atoms with Crippen LogP contribution in [0.4, 0.5) is 0 Å². The lowest BCUT2D eigenvalue weighted by Crippen LogP contribution is -2.44. The van der Waals surface area contributed by atoms with Crippen LogP contribution in [0.3, 0.4) is 0 Å². The molecule has 0 radical (unpaired) electrons. The molecule has 1 aliphatic rings. The van der Waals surface area contributed by atoms with Gasteiger partial charge in [0.05, 0.1) is 5.41 Å². The van der Waals surface area contributed by atoms with E-state index >= 15 is 0 Å². The molecule has 0 saturated carbocycles. The minimum atomic E-state index is -0.239. The Hall–Kier alpha value is -1.15. The molecule has 2 heteroatoms. The van der Waals surface area contributed by atoms with E-state index in [1.165, 1.54) is 11.1 Å². The van der Waals surface area contributed by atoms with E-state index in [0.717, 1.165) is 25.9 Å². The highest BCUT2D eigenvalue weighted by atomic mass is 16.1. The lowest BCUT2D eigenvalue weighted by molar-refractivity contribution is -0.123. The van der Waals surface area contributed by atoms with E-state index in [-0.39, 0.29) is 5.41 Å². The van der Waals surface area contributed by atoms with Crippen molar-refractivity contribution >= 4 is 5.78 Å². The van der Waals surface area contributed by atoms with E-state index in [1.807, 2.05) is 0 Å². The second-order valence-corrected chi connectivity index (χ2v) is 4.76. The van der Waals surface area contributed by atoms with Crippen LogP contribution in [-0.4, -0.2) is 18.9 Å². The van der Waals surface area contributed by atoms with Crippen molar-refractivity contribution in [2.75, 3.05) is 13.1 Å². The number of hydrogen-bond donors (Lipinski definition) is 1. The third kappa shape index (κ3) is 1.90. The number of nitrogens with one attached hydrogen (secondary N) is 1. The minimum absolute atomic E-state index is 0.239. The first-order chi connectivity index (χ1) is 7.65. The van der Waals surface area contributed by atoms with Crippen molar-refractivity contribution in [1.29, 1.82) is 0 Å². The summed E-state index contributed by atoms with van der Waals surface area (Å²) >= 11 is 0. The first-order valence-corrected chi connectivity index (χ1v) is 5.94. The van der Waals surface area contributed by atoms with E-state index in [0.29, 0.717) is 5.78 Å². The topological polar surface area (TPSA) is 29.1 Å². The van der Waals surface area contributed by atoms with E-state index in [9.17, 15) is 4.79 Å². The Labute approximate surface area is 97.1 Å². The van der Waals surface area contributed by atoms with E-state index < -0.39 is 0 Å². The molecule has 1 saturated heterocycles. The average molecular weight is 217 g/mol. The Morgan fingerprint density at radius 3 is 2.56 bits per heavy atom. The monoisotopic (exact) mass is 217 g/mol. The van der Waals surface area contributed by atoms with Gasteiger partial charge in [0.25, 0.3) is 0 Å².